The van der Waals surface area contributed by atoms with Crippen molar-refractivity contribution in [2.24, 2.45) is 5.41 Å². The smallest absolute Gasteiger partial charge is 0.0605 e. The molecule has 0 amide bonds. The van der Waals surface area contributed by atoms with Gasteiger partial charge in [0, 0.05) is 5.41 Å². The molecule has 0 aliphatic carbocycles. The molecule has 0 aliphatic heterocycles. The lowest BCUT2D eigenvalue weighted by Gasteiger charge is -2.31. The first-order chi connectivity index (χ1) is 6.13. The van der Waals surface area contributed by atoms with Crippen molar-refractivity contribution in [2.75, 3.05) is 0 Å². The van der Waals surface area contributed by atoms with Crippen LogP contribution in [0.4, 0.5) is 0 Å². The van der Waals surface area contributed by atoms with E-state index in [2.05, 4.69) is 32.6 Å². The van der Waals surface area contributed by atoms with E-state index in [9.17, 15) is 5.11 Å². The topological polar surface area (TPSA) is 20.2 Å². The van der Waals surface area contributed by atoms with Crippen LogP contribution in [-0.2, 0) is 0 Å². The zero-order chi connectivity index (χ0) is 10.3. The fourth-order valence-corrected chi connectivity index (χ4v) is 1.56. The Morgan fingerprint density at radius 2 is 2.08 bits per heavy atom. The van der Waals surface area contributed by atoms with E-state index in [1.807, 2.05) is 13.0 Å². The fraction of sp³-hybridized carbons (Fsp3) is 0.667. The van der Waals surface area contributed by atoms with Crippen LogP contribution in [0, 0.1) is 5.41 Å². The third kappa shape index (κ3) is 3.35. The Hall–Kier alpha value is -0.560. The second-order valence-electron chi connectivity index (χ2n) is 3.57. The minimum absolute atomic E-state index is 0.0994. The standard InChI is InChI=1S/C12H22O/c1-5-8-10-12(7-3,9-6-2)11(4)13/h6,8,10-11,13H,2,5,7,9H2,1,3-4H3/b10-8+. The average molecular weight is 182 g/mol. The molecule has 0 spiro atoms. The van der Waals surface area contributed by atoms with Gasteiger partial charge in [-0.3, -0.25) is 0 Å². The van der Waals surface area contributed by atoms with Gasteiger partial charge in [-0.1, -0.05) is 32.1 Å². The van der Waals surface area contributed by atoms with Crippen molar-refractivity contribution in [2.45, 2.75) is 46.1 Å². The lowest BCUT2D eigenvalue weighted by atomic mass is 9.77. The maximum atomic E-state index is 9.72. The molecule has 2 unspecified atom stereocenters. The van der Waals surface area contributed by atoms with Gasteiger partial charge in [0.05, 0.1) is 6.10 Å². The first-order valence-corrected chi connectivity index (χ1v) is 5.09. The van der Waals surface area contributed by atoms with Gasteiger partial charge in [0.15, 0.2) is 0 Å². The third-order valence-electron chi connectivity index (χ3n) is 2.70. The van der Waals surface area contributed by atoms with Gasteiger partial charge < -0.3 is 5.11 Å². The summed E-state index contributed by atoms with van der Waals surface area (Å²) in [5, 5.41) is 9.72. The lowest BCUT2D eigenvalue weighted by molar-refractivity contribution is 0.0730. The van der Waals surface area contributed by atoms with Crippen molar-refractivity contribution in [1.82, 2.24) is 0 Å². The number of rotatable bonds is 6. The molecule has 0 aromatic heterocycles. The van der Waals surface area contributed by atoms with Crippen LogP contribution >= 0.6 is 0 Å². The van der Waals surface area contributed by atoms with E-state index in [4.69, 9.17) is 0 Å². The summed E-state index contributed by atoms with van der Waals surface area (Å²) in [4.78, 5) is 0. The van der Waals surface area contributed by atoms with Gasteiger partial charge in [-0.15, -0.1) is 6.58 Å². The maximum absolute atomic E-state index is 9.72. The van der Waals surface area contributed by atoms with Crippen LogP contribution in [0.1, 0.15) is 40.0 Å². The van der Waals surface area contributed by atoms with Crippen molar-refractivity contribution in [3.63, 3.8) is 0 Å². The fourth-order valence-electron chi connectivity index (χ4n) is 1.56. The molecule has 13 heavy (non-hydrogen) atoms. The molecule has 1 heteroatoms. The molecular formula is C12H22O. The van der Waals surface area contributed by atoms with Crippen LogP contribution < -0.4 is 0 Å². The summed E-state index contributed by atoms with van der Waals surface area (Å²) >= 11 is 0. The van der Waals surface area contributed by atoms with Crippen LogP contribution in [0.25, 0.3) is 0 Å². The molecule has 0 fully saturated rings. The first-order valence-electron chi connectivity index (χ1n) is 5.09. The molecule has 1 nitrogen and oxygen atoms in total. The van der Waals surface area contributed by atoms with Gasteiger partial charge in [0.1, 0.15) is 0 Å². The van der Waals surface area contributed by atoms with Crippen LogP contribution in [0.5, 0.6) is 0 Å². The second-order valence-corrected chi connectivity index (χ2v) is 3.57. The molecule has 0 heterocycles. The SMILES string of the molecule is C=CCC(/C=C/CC)(CC)C(C)O. The minimum Gasteiger partial charge on any atom is -0.393 e. The van der Waals surface area contributed by atoms with Gasteiger partial charge >= 0.3 is 0 Å². The molecule has 2 atom stereocenters. The minimum atomic E-state index is -0.307. The van der Waals surface area contributed by atoms with Crippen molar-refractivity contribution < 1.29 is 5.11 Å². The van der Waals surface area contributed by atoms with Crippen molar-refractivity contribution in [3.8, 4) is 0 Å². The summed E-state index contributed by atoms with van der Waals surface area (Å²) in [6, 6.07) is 0. The van der Waals surface area contributed by atoms with E-state index in [-0.39, 0.29) is 11.5 Å². The highest BCUT2D eigenvalue weighted by Gasteiger charge is 2.28. The lowest BCUT2D eigenvalue weighted by Crippen LogP contribution is -2.29. The molecule has 0 aliphatic rings. The predicted octanol–water partition coefficient (Wildman–Crippen LogP) is 3.31. The summed E-state index contributed by atoms with van der Waals surface area (Å²) < 4.78 is 0. The van der Waals surface area contributed by atoms with Gasteiger partial charge in [-0.25, -0.2) is 0 Å². The van der Waals surface area contributed by atoms with E-state index in [0.717, 1.165) is 19.3 Å². The van der Waals surface area contributed by atoms with Crippen molar-refractivity contribution >= 4 is 0 Å². The highest BCUT2D eigenvalue weighted by atomic mass is 16.3. The largest absolute Gasteiger partial charge is 0.393 e. The molecule has 0 rings (SSSR count). The number of hydrogen-bond acceptors (Lipinski definition) is 1. The van der Waals surface area contributed by atoms with E-state index in [1.54, 1.807) is 0 Å². The van der Waals surface area contributed by atoms with Crippen LogP contribution in [0.15, 0.2) is 24.8 Å². The van der Waals surface area contributed by atoms with Crippen LogP contribution in [-0.4, -0.2) is 11.2 Å². The molecule has 0 saturated carbocycles. The number of aliphatic hydroxyl groups is 1. The summed E-state index contributed by atoms with van der Waals surface area (Å²) in [6.45, 7) is 9.80. The Morgan fingerprint density at radius 3 is 2.38 bits per heavy atom. The highest BCUT2D eigenvalue weighted by molar-refractivity contribution is 5.04. The number of hydrogen-bond donors (Lipinski definition) is 1. The molecule has 0 aromatic rings. The zero-order valence-electron chi connectivity index (χ0n) is 9.09. The molecule has 0 radical (unpaired) electrons. The van der Waals surface area contributed by atoms with Crippen molar-refractivity contribution in [1.29, 1.82) is 0 Å². The normalized spacial score (nSPS) is 18.5. The van der Waals surface area contributed by atoms with Crippen LogP contribution in [0.3, 0.4) is 0 Å². The Balaban J connectivity index is 4.63. The van der Waals surface area contributed by atoms with E-state index >= 15 is 0 Å². The zero-order valence-corrected chi connectivity index (χ0v) is 9.09. The summed E-state index contributed by atoms with van der Waals surface area (Å²) in [5.41, 5.74) is -0.0994. The molecule has 1 N–H and O–H groups in total. The van der Waals surface area contributed by atoms with Gasteiger partial charge in [-0.05, 0) is 26.2 Å². The Labute approximate surface area is 82.2 Å². The summed E-state index contributed by atoms with van der Waals surface area (Å²) in [7, 11) is 0. The van der Waals surface area contributed by atoms with Gasteiger partial charge in [0.25, 0.3) is 0 Å². The van der Waals surface area contributed by atoms with E-state index < -0.39 is 0 Å². The summed E-state index contributed by atoms with van der Waals surface area (Å²) in [6.07, 6.45) is 8.66. The quantitative estimate of drug-likeness (QED) is 0.625. The van der Waals surface area contributed by atoms with Gasteiger partial charge in [0.2, 0.25) is 0 Å². The Morgan fingerprint density at radius 1 is 1.46 bits per heavy atom. The predicted molar refractivity (Wildman–Crippen MR) is 58.6 cm³/mol. The molecule has 76 valence electrons. The first kappa shape index (κ1) is 12.4. The van der Waals surface area contributed by atoms with E-state index in [1.165, 1.54) is 0 Å². The van der Waals surface area contributed by atoms with Crippen LogP contribution in [0.2, 0.25) is 0 Å². The second kappa shape index (κ2) is 5.98. The number of allylic oxidation sites excluding steroid dienone is 2. The number of aliphatic hydroxyl groups excluding tert-OH is 1. The molecular weight excluding hydrogens is 160 g/mol. The Bertz CT molecular complexity index is 170. The van der Waals surface area contributed by atoms with E-state index in [0.29, 0.717) is 0 Å². The highest BCUT2D eigenvalue weighted by Crippen LogP contribution is 2.33. The Kier molecular flexibility index (Phi) is 5.72. The molecule has 0 bridgehead atoms. The molecule has 0 aromatic carbocycles. The van der Waals surface area contributed by atoms with Gasteiger partial charge in [-0.2, -0.15) is 0 Å². The third-order valence-corrected chi connectivity index (χ3v) is 2.70. The monoisotopic (exact) mass is 182 g/mol. The molecule has 0 saturated heterocycles. The summed E-state index contributed by atoms with van der Waals surface area (Å²) in [5.74, 6) is 0. The average Bonchev–Trinajstić information content (AvgIpc) is 2.12. The van der Waals surface area contributed by atoms with Crippen molar-refractivity contribution in [3.05, 3.63) is 24.8 Å². The maximum Gasteiger partial charge on any atom is 0.0605 e.